The molecule has 3 rings (SSSR count). The summed E-state index contributed by atoms with van der Waals surface area (Å²) in [5.74, 6) is 0. The van der Waals surface area contributed by atoms with Gasteiger partial charge in [-0.25, -0.2) is 0 Å². The van der Waals surface area contributed by atoms with Gasteiger partial charge in [0, 0.05) is 25.3 Å². The van der Waals surface area contributed by atoms with Gasteiger partial charge in [-0.15, -0.1) is 0 Å². The van der Waals surface area contributed by atoms with Crippen LogP contribution in [0.4, 0.5) is 5.69 Å². The molecule has 1 fully saturated rings. The number of rotatable bonds is 6. The topological polar surface area (TPSA) is 26.7 Å². The average molecular weight is 316 g/mol. The normalized spacial score (nSPS) is 20.3. The van der Waals surface area contributed by atoms with Crippen molar-refractivity contribution in [1.29, 1.82) is 0 Å². The van der Waals surface area contributed by atoms with Gasteiger partial charge in [0.2, 0.25) is 0 Å². The smallest absolute Gasteiger partial charge is 0.0802 e. The van der Waals surface area contributed by atoms with E-state index in [1.807, 2.05) is 0 Å². The van der Waals surface area contributed by atoms with Crippen LogP contribution in [0.2, 0.25) is 0 Å². The molecule has 0 saturated carbocycles. The summed E-state index contributed by atoms with van der Waals surface area (Å²) in [7, 11) is 0. The Labute approximate surface area is 141 Å². The van der Waals surface area contributed by atoms with Crippen molar-refractivity contribution >= 4 is 5.69 Å². The molecular weight excluding hydrogens is 284 g/mol. The maximum atomic E-state index is 10.6. The zero-order chi connectivity index (χ0) is 16.1. The highest BCUT2D eigenvalue weighted by molar-refractivity contribution is 5.57. The Morgan fingerprint density at radius 1 is 1.04 bits per heavy atom. The average Bonchev–Trinajstić information content (AvgIpc) is 2.60. The summed E-state index contributed by atoms with van der Waals surface area (Å²) < 4.78 is 0. The third kappa shape index (κ3) is 4.27. The first-order valence-corrected chi connectivity index (χ1v) is 9.56. The van der Waals surface area contributed by atoms with Crippen molar-refractivity contribution < 1.29 is 5.11 Å². The summed E-state index contributed by atoms with van der Waals surface area (Å²) in [4.78, 5) is 5.01. The van der Waals surface area contributed by atoms with Gasteiger partial charge >= 0.3 is 0 Å². The van der Waals surface area contributed by atoms with Crippen LogP contribution in [0.15, 0.2) is 18.2 Å². The quantitative estimate of drug-likeness (QED) is 0.865. The number of fused-ring (bicyclic) bond motifs is 1. The fraction of sp³-hybridized carbons (Fsp3) is 0.700. The van der Waals surface area contributed by atoms with E-state index in [4.69, 9.17) is 0 Å². The Morgan fingerprint density at radius 3 is 2.65 bits per heavy atom. The van der Waals surface area contributed by atoms with Crippen LogP contribution in [0.25, 0.3) is 0 Å². The largest absolute Gasteiger partial charge is 0.388 e. The van der Waals surface area contributed by atoms with Gasteiger partial charge in [-0.2, -0.15) is 0 Å². The highest BCUT2D eigenvalue weighted by Crippen LogP contribution is 2.30. The van der Waals surface area contributed by atoms with E-state index >= 15 is 0 Å². The molecule has 3 heteroatoms. The monoisotopic (exact) mass is 316 g/mol. The van der Waals surface area contributed by atoms with Gasteiger partial charge in [-0.3, -0.25) is 0 Å². The number of hydrogen-bond donors (Lipinski definition) is 1. The lowest BCUT2D eigenvalue weighted by molar-refractivity contribution is 0.134. The summed E-state index contributed by atoms with van der Waals surface area (Å²) in [5.41, 5.74) is 3.93. The Hall–Kier alpha value is -1.06. The van der Waals surface area contributed by atoms with E-state index in [1.165, 1.54) is 63.0 Å². The molecule has 1 saturated heterocycles. The van der Waals surface area contributed by atoms with Crippen molar-refractivity contribution in [1.82, 2.24) is 4.90 Å². The molecule has 2 aliphatic heterocycles. The van der Waals surface area contributed by atoms with Crippen LogP contribution in [0.5, 0.6) is 0 Å². The first-order chi connectivity index (χ1) is 11.3. The van der Waals surface area contributed by atoms with Crippen molar-refractivity contribution in [3.63, 3.8) is 0 Å². The van der Waals surface area contributed by atoms with Crippen LogP contribution in [0, 0.1) is 0 Å². The van der Waals surface area contributed by atoms with E-state index in [0.29, 0.717) is 0 Å². The fourth-order valence-corrected chi connectivity index (χ4v) is 4.06. The van der Waals surface area contributed by atoms with Gasteiger partial charge in [-0.05, 0) is 68.8 Å². The molecule has 2 aliphatic rings. The molecule has 0 radical (unpaired) electrons. The molecule has 1 unspecified atom stereocenters. The molecule has 2 heterocycles. The van der Waals surface area contributed by atoms with E-state index < -0.39 is 0 Å². The van der Waals surface area contributed by atoms with Crippen LogP contribution < -0.4 is 4.90 Å². The van der Waals surface area contributed by atoms with Crippen LogP contribution in [-0.4, -0.2) is 42.7 Å². The standard InChI is InChI=1S/C20H32N2O/c1-2-11-22-14-6-7-17-16-18(8-9-19(17)22)20(23)10-15-21-12-4-3-5-13-21/h8-9,16,20,23H,2-7,10-15H2,1H3. The van der Waals surface area contributed by atoms with E-state index in [0.717, 1.165) is 31.5 Å². The zero-order valence-corrected chi connectivity index (χ0v) is 14.6. The lowest BCUT2D eigenvalue weighted by Gasteiger charge is -2.32. The molecule has 0 aliphatic carbocycles. The summed E-state index contributed by atoms with van der Waals surface area (Å²) in [6, 6.07) is 6.65. The summed E-state index contributed by atoms with van der Waals surface area (Å²) in [6.45, 7) is 8.01. The third-order valence-electron chi connectivity index (χ3n) is 5.36. The molecular formula is C20H32N2O. The van der Waals surface area contributed by atoms with Crippen molar-refractivity contribution in [3.05, 3.63) is 29.3 Å². The lowest BCUT2D eigenvalue weighted by atomic mass is 9.96. The van der Waals surface area contributed by atoms with Gasteiger partial charge in [0.25, 0.3) is 0 Å². The predicted molar refractivity (Wildman–Crippen MR) is 97.1 cm³/mol. The molecule has 1 aromatic rings. The molecule has 3 nitrogen and oxygen atoms in total. The second-order valence-electron chi connectivity index (χ2n) is 7.19. The second-order valence-corrected chi connectivity index (χ2v) is 7.19. The minimum absolute atomic E-state index is 0.316. The Bertz CT molecular complexity index is 496. The number of aliphatic hydroxyl groups excluding tert-OH is 1. The Balaban J connectivity index is 1.61. The van der Waals surface area contributed by atoms with Gasteiger partial charge in [-0.1, -0.05) is 25.5 Å². The maximum Gasteiger partial charge on any atom is 0.0802 e. The van der Waals surface area contributed by atoms with Crippen molar-refractivity contribution in [2.75, 3.05) is 37.6 Å². The van der Waals surface area contributed by atoms with Crippen LogP contribution in [-0.2, 0) is 6.42 Å². The molecule has 23 heavy (non-hydrogen) atoms. The Morgan fingerprint density at radius 2 is 1.87 bits per heavy atom. The molecule has 1 N–H and O–H groups in total. The Kier molecular flexibility index (Phi) is 5.96. The number of aliphatic hydroxyl groups is 1. The van der Waals surface area contributed by atoms with Crippen molar-refractivity contribution in [2.45, 2.75) is 58.0 Å². The molecule has 1 atom stereocenters. The van der Waals surface area contributed by atoms with Crippen LogP contribution in [0.3, 0.4) is 0 Å². The van der Waals surface area contributed by atoms with E-state index in [-0.39, 0.29) is 6.10 Å². The highest BCUT2D eigenvalue weighted by Gasteiger charge is 2.19. The highest BCUT2D eigenvalue weighted by atomic mass is 16.3. The van der Waals surface area contributed by atoms with Crippen LogP contribution >= 0.6 is 0 Å². The van der Waals surface area contributed by atoms with Crippen LogP contribution in [0.1, 0.15) is 62.7 Å². The van der Waals surface area contributed by atoms with Crippen molar-refractivity contribution in [2.24, 2.45) is 0 Å². The van der Waals surface area contributed by atoms with Gasteiger partial charge in [0.1, 0.15) is 0 Å². The molecule has 0 bridgehead atoms. The van der Waals surface area contributed by atoms with E-state index in [9.17, 15) is 5.11 Å². The molecule has 0 aromatic heterocycles. The number of hydrogen-bond acceptors (Lipinski definition) is 3. The predicted octanol–water partition coefficient (Wildman–Crippen LogP) is 3.76. The molecule has 0 spiro atoms. The lowest BCUT2D eigenvalue weighted by Crippen LogP contribution is -2.31. The summed E-state index contributed by atoms with van der Waals surface area (Å²) in [6.07, 6.45) is 8.14. The first-order valence-electron chi connectivity index (χ1n) is 9.56. The molecule has 1 aromatic carbocycles. The summed E-state index contributed by atoms with van der Waals surface area (Å²) >= 11 is 0. The number of likely N-dealkylation sites (tertiary alicyclic amines) is 1. The first kappa shape index (κ1) is 16.8. The maximum absolute atomic E-state index is 10.6. The number of nitrogens with zero attached hydrogens (tertiary/aromatic N) is 2. The van der Waals surface area contributed by atoms with Crippen molar-refractivity contribution in [3.8, 4) is 0 Å². The number of aryl methyl sites for hydroxylation is 1. The fourth-order valence-electron chi connectivity index (χ4n) is 4.06. The number of anilines is 1. The second kappa shape index (κ2) is 8.16. The molecule has 128 valence electrons. The molecule has 0 amide bonds. The number of benzene rings is 1. The summed E-state index contributed by atoms with van der Waals surface area (Å²) in [5, 5.41) is 10.6. The zero-order valence-electron chi connectivity index (χ0n) is 14.6. The van der Waals surface area contributed by atoms with E-state index in [1.54, 1.807) is 0 Å². The number of piperidine rings is 1. The van der Waals surface area contributed by atoms with Gasteiger partial charge in [0.15, 0.2) is 0 Å². The SMILES string of the molecule is CCCN1CCCc2cc(C(O)CCN3CCCCC3)ccc21. The van der Waals surface area contributed by atoms with E-state index in [2.05, 4.69) is 34.9 Å². The third-order valence-corrected chi connectivity index (χ3v) is 5.36. The van der Waals surface area contributed by atoms with Gasteiger partial charge in [0.05, 0.1) is 6.10 Å². The minimum Gasteiger partial charge on any atom is -0.388 e. The minimum atomic E-state index is -0.316. The van der Waals surface area contributed by atoms with Gasteiger partial charge < -0.3 is 14.9 Å².